The average Bonchev–Trinajstić information content (AvgIpc) is 3.30. The van der Waals surface area contributed by atoms with Crippen LogP contribution in [0, 0.1) is 12.7 Å². The Morgan fingerprint density at radius 3 is 2.74 bits per heavy atom. The lowest BCUT2D eigenvalue weighted by atomic mass is 9.96. The van der Waals surface area contributed by atoms with Crippen molar-refractivity contribution in [3.8, 4) is 11.6 Å². The Balaban J connectivity index is 1.62. The second kappa shape index (κ2) is 8.71. The molecule has 3 heterocycles. The van der Waals surface area contributed by atoms with Crippen molar-refractivity contribution in [3.05, 3.63) is 59.8 Å². The van der Waals surface area contributed by atoms with Crippen LogP contribution in [-0.2, 0) is 0 Å². The zero-order valence-corrected chi connectivity index (χ0v) is 17.5. The van der Waals surface area contributed by atoms with Crippen LogP contribution < -0.4 is 10.5 Å². The van der Waals surface area contributed by atoms with E-state index in [-0.39, 0.29) is 29.3 Å². The number of rotatable bonds is 5. The van der Waals surface area contributed by atoms with Gasteiger partial charge in [-0.1, -0.05) is 13.0 Å². The van der Waals surface area contributed by atoms with Crippen LogP contribution >= 0.6 is 0 Å². The van der Waals surface area contributed by atoms with Gasteiger partial charge in [-0.2, -0.15) is 10.2 Å². The maximum absolute atomic E-state index is 14.7. The molecule has 3 aromatic rings. The Morgan fingerprint density at radius 2 is 2.00 bits per heavy atom. The first-order valence-corrected chi connectivity index (χ1v) is 10.3. The second-order valence-corrected chi connectivity index (χ2v) is 7.62. The van der Waals surface area contributed by atoms with Crippen LogP contribution in [0.15, 0.2) is 42.9 Å². The second-order valence-electron chi connectivity index (χ2n) is 7.62. The molecular formula is C22H25FN6O2. The number of ether oxygens (including phenoxy) is 1. The number of anilines is 1. The number of hydrogen-bond donors (Lipinski definition) is 1. The van der Waals surface area contributed by atoms with Gasteiger partial charge in [-0.25, -0.2) is 9.37 Å². The largest absolute Gasteiger partial charge is 0.472 e. The summed E-state index contributed by atoms with van der Waals surface area (Å²) in [5.74, 6) is -0.358. The van der Waals surface area contributed by atoms with Crippen LogP contribution in [-0.4, -0.2) is 49.5 Å². The number of hydrogen-bond acceptors (Lipinski definition) is 6. The number of amides is 1. The number of piperidine rings is 1. The smallest absolute Gasteiger partial charge is 0.256 e. The number of nitrogens with two attached hydrogens (primary N) is 1. The van der Waals surface area contributed by atoms with Crippen molar-refractivity contribution in [3.63, 3.8) is 0 Å². The van der Waals surface area contributed by atoms with E-state index in [1.165, 1.54) is 24.5 Å². The molecule has 31 heavy (non-hydrogen) atoms. The van der Waals surface area contributed by atoms with Crippen LogP contribution in [0.5, 0.6) is 5.88 Å². The molecular weight excluding hydrogens is 399 g/mol. The molecule has 8 nitrogen and oxygen atoms in total. The number of carbonyl (C=O) groups is 1. The summed E-state index contributed by atoms with van der Waals surface area (Å²) in [7, 11) is 0. The van der Waals surface area contributed by atoms with Crippen molar-refractivity contribution in [1.29, 1.82) is 0 Å². The predicted molar refractivity (Wildman–Crippen MR) is 113 cm³/mol. The molecule has 2 aromatic heterocycles. The number of halogens is 1. The van der Waals surface area contributed by atoms with Crippen LogP contribution in [0.3, 0.4) is 0 Å². The molecule has 162 valence electrons. The minimum absolute atomic E-state index is 0.0314. The average molecular weight is 424 g/mol. The molecule has 2 atom stereocenters. The van der Waals surface area contributed by atoms with Gasteiger partial charge >= 0.3 is 0 Å². The van der Waals surface area contributed by atoms with Gasteiger partial charge in [0, 0.05) is 23.5 Å². The summed E-state index contributed by atoms with van der Waals surface area (Å²) in [6, 6.07) is 6.17. The Kier molecular flexibility index (Phi) is 5.83. The van der Waals surface area contributed by atoms with Gasteiger partial charge in [-0.3, -0.25) is 4.79 Å². The van der Waals surface area contributed by atoms with Crippen molar-refractivity contribution >= 4 is 11.6 Å². The van der Waals surface area contributed by atoms with Crippen molar-refractivity contribution in [1.82, 2.24) is 24.9 Å². The Labute approximate surface area is 179 Å². The van der Waals surface area contributed by atoms with Crippen LogP contribution in [0.4, 0.5) is 10.1 Å². The van der Waals surface area contributed by atoms with Crippen molar-refractivity contribution in [2.45, 2.75) is 45.3 Å². The standard InChI is InChI=1S/C22H25FN6O2/c1-3-15-7-8-16(31-21-14(2)19(24)9-10-25-21)13-28(15)22(30)17-5-4-6-18(23)20(17)29-26-11-12-27-29/h4-6,9-12,15-16H,3,7-8,13H2,1-2H3,(H2,24,25). The van der Waals surface area contributed by atoms with Crippen LogP contribution in [0.2, 0.25) is 0 Å². The number of likely N-dealkylation sites (tertiary alicyclic amines) is 1. The van der Waals surface area contributed by atoms with Crippen molar-refractivity contribution in [2.24, 2.45) is 0 Å². The fourth-order valence-electron chi connectivity index (χ4n) is 3.95. The first-order chi connectivity index (χ1) is 15.0. The fourth-order valence-corrected chi connectivity index (χ4v) is 3.95. The van der Waals surface area contributed by atoms with E-state index in [2.05, 4.69) is 15.2 Å². The summed E-state index contributed by atoms with van der Waals surface area (Å²) in [5.41, 5.74) is 7.61. The van der Waals surface area contributed by atoms with Crippen LogP contribution in [0.1, 0.15) is 42.1 Å². The number of benzene rings is 1. The number of nitrogen functional groups attached to an aromatic ring is 1. The molecule has 1 saturated heterocycles. The molecule has 0 spiro atoms. The number of pyridine rings is 1. The van der Waals surface area contributed by atoms with E-state index >= 15 is 0 Å². The molecule has 0 radical (unpaired) electrons. The fraction of sp³-hybridized carbons (Fsp3) is 0.364. The summed E-state index contributed by atoms with van der Waals surface area (Å²) in [6.45, 7) is 4.27. The van der Waals surface area contributed by atoms with Gasteiger partial charge in [0.25, 0.3) is 5.91 Å². The van der Waals surface area contributed by atoms with E-state index in [0.717, 1.165) is 29.6 Å². The molecule has 2 N–H and O–H groups in total. The van der Waals surface area contributed by atoms with Crippen molar-refractivity contribution in [2.75, 3.05) is 12.3 Å². The Hall–Kier alpha value is -3.49. The lowest BCUT2D eigenvalue weighted by Gasteiger charge is -2.39. The molecule has 1 aliphatic rings. The topological polar surface area (TPSA) is 99.2 Å². The maximum Gasteiger partial charge on any atom is 0.256 e. The number of aromatic nitrogens is 4. The van der Waals surface area contributed by atoms with Gasteiger partial charge < -0.3 is 15.4 Å². The molecule has 0 bridgehead atoms. The summed E-state index contributed by atoms with van der Waals surface area (Å²) in [6.07, 6.45) is 6.61. The van der Waals surface area contributed by atoms with Gasteiger partial charge in [-0.15, -0.1) is 4.80 Å². The third-order valence-corrected chi connectivity index (χ3v) is 5.71. The quantitative estimate of drug-likeness (QED) is 0.676. The summed E-state index contributed by atoms with van der Waals surface area (Å²) < 4.78 is 20.8. The monoisotopic (exact) mass is 424 g/mol. The highest BCUT2D eigenvalue weighted by atomic mass is 19.1. The SMILES string of the molecule is CCC1CCC(Oc2nccc(N)c2C)CN1C(=O)c1cccc(F)c1-n1nccn1. The summed E-state index contributed by atoms with van der Waals surface area (Å²) in [4.78, 5) is 20.7. The number of nitrogens with zero attached hydrogens (tertiary/aromatic N) is 5. The highest BCUT2D eigenvalue weighted by Gasteiger charge is 2.34. The lowest BCUT2D eigenvalue weighted by Crippen LogP contribution is -2.50. The molecule has 1 fully saturated rings. The summed E-state index contributed by atoms with van der Waals surface area (Å²) in [5, 5.41) is 8.03. The minimum atomic E-state index is -0.556. The number of carbonyl (C=O) groups excluding carboxylic acids is 1. The molecule has 0 aliphatic carbocycles. The minimum Gasteiger partial charge on any atom is -0.472 e. The van der Waals surface area contributed by atoms with E-state index in [1.807, 2.05) is 13.8 Å². The van der Waals surface area contributed by atoms with Gasteiger partial charge in [0.15, 0.2) is 5.82 Å². The van der Waals surface area contributed by atoms with E-state index in [9.17, 15) is 9.18 Å². The van der Waals surface area contributed by atoms with Gasteiger partial charge in [0.1, 0.15) is 11.8 Å². The molecule has 1 aliphatic heterocycles. The molecule has 1 amide bonds. The van der Waals surface area contributed by atoms with E-state index in [4.69, 9.17) is 10.5 Å². The molecule has 2 unspecified atom stereocenters. The molecule has 1 aromatic carbocycles. The van der Waals surface area contributed by atoms with Crippen molar-refractivity contribution < 1.29 is 13.9 Å². The predicted octanol–water partition coefficient (Wildman–Crippen LogP) is 3.15. The zero-order chi connectivity index (χ0) is 22.0. The molecule has 4 rings (SSSR count). The highest BCUT2D eigenvalue weighted by Crippen LogP contribution is 2.29. The van der Waals surface area contributed by atoms with E-state index in [1.54, 1.807) is 23.2 Å². The van der Waals surface area contributed by atoms with Gasteiger partial charge in [0.05, 0.1) is 24.5 Å². The Morgan fingerprint density at radius 1 is 1.23 bits per heavy atom. The van der Waals surface area contributed by atoms with Gasteiger partial charge in [-0.05, 0) is 44.4 Å². The lowest BCUT2D eigenvalue weighted by molar-refractivity contribution is 0.0328. The maximum atomic E-state index is 14.7. The first-order valence-electron chi connectivity index (χ1n) is 10.3. The molecule has 9 heteroatoms. The van der Waals surface area contributed by atoms with E-state index in [0.29, 0.717) is 18.1 Å². The zero-order valence-electron chi connectivity index (χ0n) is 17.5. The molecule has 0 saturated carbocycles. The van der Waals surface area contributed by atoms with E-state index < -0.39 is 5.82 Å². The number of para-hydroxylation sites is 1. The summed E-state index contributed by atoms with van der Waals surface area (Å²) >= 11 is 0. The third kappa shape index (κ3) is 4.08. The first kappa shape index (κ1) is 20.8. The normalized spacial score (nSPS) is 18.7. The third-order valence-electron chi connectivity index (χ3n) is 5.71. The van der Waals surface area contributed by atoms with Gasteiger partial charge in [0.2, 0.25) is 5.88 Å². The highest BCUT2D eigenvalue weighted by molar-refractivity contribution is 5.98. The Bertz CT molecular complexity index is 1070. The van der Waals surface area contributed by atoms with Crippen LogP contribution in [0.25, 0.3) is 5.69 Å².